The molecule has 1 aromatic carbocycles. The molecule has 3 rings (SSSR count). The molecule has 2 aliphatic rings. The lowest BCUT2D eigenvalue weighted by atomic mass is 9.95. The molecule has 0 fully saturated rings. The van der Waals surface area contributed by atoms with Gasteiger partial charge in [0.05, 0.1) is 23.9 Å². The molecule has 2 N–H and O–H groups in total. The first-order chi connectivity index (χ1) is 11.6. The smallest absolute Gasteiger partial charge is 0.319 e. The highest BCUT2D eigenvalue weighted by Gasteiger charge is 2.40. The van der Waals surface area contributed by atoms with Crippen LogP contribution in [0.1, 0.15) is 30.5 Å². The number of benzene rings is 1. The topological polar surface area (TPSA) is 70.7 Å². The molecule has 2 heterocycles. The van der Waals surface area contributed by atoms with E-state index in [4.69, 9.17) is 4.74 Å². The van der Waals surface area contributed by atoms with Crippen molar-refractivity contribution in [3.05, 3.63) is 46.7 Å². The van der Waals surface area contributed by atoms with Crippen LogP contribution >= 0.6 is 0 Å². The Kier molecular flexibility index (Phi) is 4.85. The van der Waals surface area contributed by atoms with E-state index in [1.54, 1.807) is 4.90 Å². The summed E-state index contributed by atoms with van der Waals surface area (Å²) in [4.78, 5) is 26.6. The molecule has 0 unspecified atom stereocenters. The fraction of sp³-hybridized carbons (Fsp3) is 0.444. The second kappa shape index (κ2) is 7.05. The first kappa shape index (κ1) is 16.5. The fourth-order valence-electron chi connectivity index (χ4n) is 3.21. The number of carbonyl (C=O) groups is 2. The maximum atomic E-state index is 12.8. The van der Waals surface area contributed by atoms with E-state index in [2.05, 4.69) is 10.6 Å². The van der Waals surface area contributed by atoms with Crippen LogP contribution in [0.4, 0.5) is 4.79 Å². The standard InChI is InChI=1S/C18H23N3O3/c1-3-24-9-5-8-21-11-14-15(17(21)22)16(20-18(23)19-14)13-7-4-6-12(2)10-13/h4,6-7,10,16H,3,5,8-9,11H2,1-2H3,(H2,19,20,23)/t16-/m0/s1. The lowest BCUT2D eigenvalue weighted by Crippen LogP contribution is -2.44. The van der Waals surface area contributed by atoms with E-state index in [1.807, 2.05) is 38.1 Å². The summed E-state index contributed by atoms with van der Waals surface area (Å²) >= 11 is 0. The molecule has 1 atom stereocenters. The summed E-state index contributed by atoms with van der Waals surface area (Å²) in [5.74, 6) is -0.0134. The van der Waals surface area contributed by atoms with Crippen molar-refractivity contribution >= 4 is 11.9 Å². The fourth-order valence-corrected chi connectivity index (χ4v) is 3.21. The molecular weight excluding hydrogens is 306 g/mol. The molecule has 6 heteroatoms. The molecule has 1 aromatic rings. The molecule has 0 aliphatic carbocycles. The van der Waals surface area contributed by atoms with Crippen LogP contribution in [0, 0.1) is 6.92 Å². The maximum absolute atomic E-state index is 12.8. The van der Waals surface area contributed by atoms with Crippen molar-refractivity contribution in [3.63, 3.8) is 0 Å². The van der Waals surface area contributed by atoms with E-state index < -0.39 is 6.04 Å². The van der Waals surface area contributed by atoms with Crippen molar-refractivity contribution in [2.75, 3.05) is 26.3 Å². The van der Waals surface area contributed by atoms with Crippen molar-refractivity contribution in [1.29, 1.82) is 0 Å². The number of hydrogen-bond acceptors (Lipinski definition) is 3. The predicted octanol–water partition coefficient (Wildman–Crippen LogP) is 1.87. The van der Waals surface area contributed by atoms with Gasteiger partial charge in [-0.05, 0) is 25.8 Å². The SMILES string of the molecule is CCOCCCN1CC2=C(C1=O)[C@H](c1cccc(C)c1)NC(=O)N2. The van der Waals surface area contributed by atoms with E-state index >= 15 is 0 Å². The average molecular weight is 329 g/mol. The monoisotopic (exact) mass is 329 g/mol. The van der Waals surface area contributed by atoms with Gasteiger partial charge < -0.3 is 20.3 Å². The van der Waals surface area contributed by atoms with E-state index in [1.165, 1.54) is 0 Å². The summed E-state index contributed by atoms with van der Waals surface area (Å²) in [6.45, 7) is 6.35. The quantitative estimate of drug-likeness (QED) is 0.783. The van der Waals surface area contributed by atoms with Gasteiger partial charge in [-0.3, -0.25) is 4.79 Å². The van der Waals surface area contributed by atoms with Gasteiger partial charge >= 0.3 is 6.03 Å². The maximum Gasteiger partial charge on any atom is 0.319 e. The number of ether oxygens (including phenoxy) is 1. The Labute approximate surface area is 141 Å². The first-order valence-corrected chi connectivity index (χ1v) is 8.34. The Bertz CT molecular complexity index is 684. The van der Waals surface area contributed by atoms with Crippen molar-refractivity contribution < 1.29 is 14.3 Å². The molecule has 0 radical (unpaired) electrons. The van der Waals surface area contributed by atoms with Crippen LogP contribution in [-0.2, 0) is 9.53 Å². The second-order valence-corrected chi connectivity index (χ2v) is 6.12. The third-order valence-electron chi connectivity index (χ3n) is 4.32. The number of rotatable bonds is 6. The highest BCUT2D eigenvalue weighted by atomic mass is 16.5. The molecule has 0 spiro atoms. The summed E-state index contributed by atoms with van der Waals surface area (Å²) in [6.07, 6.45) is 0.788. The predicted molar refractivity (Wildman–Crippen MR) is 90.3 cm³/mol. The van der Waals surface area contributed by atoms with Crippen LogP contribution in [0.5, 0.6) is 0 Å². The van der Waals surface area contributed by atoms with E-state index in [-0.39, 0.29) is 11.9 Å². The number of carbonyl (C=O) groups excluding carboxylic acids is 2. The normalized spacial score (nSPS) is 20.1. The Morgan fingerprint density at radius 1 is 1.33 bits per heavy atom. The molecule has 0 saturated carbocycles. The third-order valence-corrected chi connectivity index (χ3v) is 4.32. The van der Waals surface area contributed by atoms with Gasteiger partial charge in [0, 0.05) is 19.8 Å². The molecule has 0 bridgehead atoms. The number of hydrogen-bond donors (Lipinski definition) is 2. The van der Waals surface area contributed by atoms with Gasteiger partial charge in [0.15, 0.2) is 0 Å². The zero-order valence-corrected chi connectivity index (χ0v) is 14.1. The Balaban J connectivity index is 1.79. The van der Waals surface area contributed by atoms with Crippen LogP contribution in [-0.4, -0.2) is 43.1 Å². The summed E-state index contributed by atoms with van der Waals surface area (Å²) in [5.41, 5.74) is 3.39. The molecule has 3 amide bonds. The summed E-state index contributed by atoms with van der Waals surface area (Å²) in [6, 6.07) is 7.24. The Morgan fingerprint density at radius 3 is 2.92 bits per heavy atom. The van der Waals surface area contributed by atoms with Crippen LogP contribution in [0.15, 0.2) is 35.5 Å². The highest BCUT2D eigenvalue weighted by molar-refractivity contribution is 6.01. The van der Waals surface area contributed by atoms with Gasteiger partial charge in [0.2, 0.25) is 0 Å². The average Bonchev–Trinajstić information content (AvgIpc) is 2.87. The van der Waals surface area contributed by atoms with Crippen molar-refractivity contribution in [1.82, 2.24) is 15.5 Å². The molecule has 24 heavy (non-hydrogen) atoms. The lowest BCUT2D eigenvalue weighted by molar-refractivity contribution is -0.126. The van der Waals surface area contributed by atoms with Gasteiger partial charge in [-0.15, -0.1) is 0 Å². The molecule has 2 aliphatic heterocycles. The summed E-state index contributed by atoms with van der Waals surface area (Å²) in [7, 11) is 0. The summed E-state index contributed by atoms with van der Waals surface area (Å²) < 4.78 is 5.33. The van der Waals surface area contributed by atoms with Crippen LogP contribution in [0.3, 0.4) is 0 Å². The molecule has 6 nitrogen and oxygen atoms in total. The second-order valence-electron chi connectivity index (χ2n) is 6.12. The van der Waals surface area contributed by atoms with E-state index in [9.17, 15) is 9.59 Å². The largest absolute Gasteiger partial charge is 0.382 e. The number of amides is 3. The van der Waals surface area contributed by atoms with Gasteiger partial charge in [-0.2, -0.15) is 0 Å². The lowest BCUT2D eigenvalue weighted by Gasteiger charge is -2.25. The molecule has 0 aromatic heterocycles. The zero-order valence-electron chi connectivity index (χ0n) is 14.1. The first-order valence-electron chi connectivity index (χ1n) is 8.34. The molecule has 128 valence electrons. The number of nitrogens with one attached hydrogen (secondary N) is 2. The van der Waals surface area contributed by atoms with E-state index in [0.717, 1.165) is 17.5 Å². The molecular formula is C18H23N3O3. The van der Waals surface area contributed by atoms with Crippen molar-refractivity contribution in [2.45, 2.75) is 26.3 Å². The van der Waals surface area contributed by atoms with Crippen molar-refractivity contribution in [2.24, 2.45) is 0 Å². The van der Waals surface area contributed by atoms with Gasteiger partial charge in [-0.1, -0.05) is 29.8 Å². The van der Waals surface area contributed by atoms with E-state index in [0.29, 0.717) is 37.6 Å². The minimum absolute atomic E-state index is 0.0134. The minimum atomic E-state index is -0.391. The Morgan fingerprint density at radius 2 is 2.17 bits per heavy atom. The van der Waals surface area contributed by atoms with Crippen molar-refractivity contribution in [3.8, 4) is 0 Å². The minimum Gasteiger partial charge on any atom is -0.382 e. The summed E-state index contributed by atoms with van der Waals surface area (Å²) in [5, 5.41) is 5.67. The molecule has 0 saturated heterocycles. The van der Waals surface area contributed by atoms with Crippen LogP contribution in [0.2, 0.25) is 0 Å². The van der Waals surface area contributed by atoms with Gasteiger partial charge in [0.25, 0.3) is 5.91 Å². The Hall–Kier alpha value is -2.34. The third kappa shape index (κ3) is 3.28. The number of urea groups is 1. The zero-order chi connectivity index (χ0) is 17.1. The highest BCUT2D eigenvalue weighted by Crippen LogP contribution is 2.32. The number of aryl methyl sites for hydroxylation is 1. The van der Waals surface area contributed by atoms with Crippen LogP contribution in [0.25, 0.3) is 0 Å². The number of nitrogens with zero attached hydrogens (tertiary/aromatic N) is 1. The van der Waals surface area contributed by atoms with Gasteiger partial charge in [0.1, 0.15) is 0 Å². The van der Waals surface area contributed by atoms with Gasteiger partial charge in [-0.25, -0.2) is 4.79 Å². The van der Waals surface area contributed by atoms with Crippen LogP contribution < -0.4 is 10.6 Å².